The number of ether oxygens (including phenoxy) is 1. The summed E-state index contributed by atoms with van der Waals surface area (Å²) in [6.07, 6.45) is 0. The average molecular weight is 336 g/mol. The molecule has 0 unspecified atom stereocenters. The number of hydrogen-bond donors (Lipinski definition) is 3. The number of phenolic OH excluding ortho intramolecular Hbond substituents is 1. The number of anilines is 2. The molecule has 0 heterocycles. The van der Waals surface area contributed by atoms with Crippen molar-refractivity contribution in [3.63, 3.8) is 0 Å². The summed E-state index contributed by atoms with van der Waals surface area (Å²) in [7, 11) is 1.54. The third-order valence-corrected chi connectivity index (χ3v) is 3.70. The van der Waals surface area contributed by atoms with E-state index in [9.17, 15) is 14.7 Å². The van der Waals surface area contributed by atoms with Crippen molar-refractivity contribution >= 4 is 34.0 Å². The van der Waals surface area contributed by atoms with E-state index in [1.165, 1.54) is 0 Å². The lowest BCUT2D eigenvalue weighted by atomic mass is 10.1. The molecule has 2 amide bonds. The van der Waals surface area contributed by atoms with Gasteiger partial charge in [-0.1, -0.05) is 24.3 Å². The average Bonchev–Trinajstić information content (AvgIpc) is 2.63. The van der Waals surface area contributed by atoms with Gasteiger partial charge in [0.2, 0.25) is 0 Å². The smallest absolute Gasteiger partial charge is 0.314 e. The van der Waals surface area contributed by atoms with Crippen LogP contribution in [0.15, 0.2) is 60.7 Å². The molecule has 0 radical (unpaired) electrons. The van der Waals surface area contributed by atoms with Crippen molar-refractivity contribution in [3.8, 4) is 11.5 Å². The SMILES string of the molecule is COc1ccc(NC(=O)C(=O)Nc2cccc3c(O)cccc23)cc1. The number of methoxy groups -OCH3 is 1. The standard InChI is InChI=1S/C19H16N2O4/c1-25-13-10-8-12(9-11-13)20-18(23)19(24)21-16-6-2-5-15-14(16)4-3-7-17(15)22/h2-11,22H,1H3,(H,20,23)(H,21,24). The number of benzene rings is 3. The van der Waals surface area contributed by atoms with E-state index in [1.807, 2.05) is 0 Å². The fourth-order valence-electron chi connectivity index (χ4n) is 2.44. The number of fused-ring (bicyclic) bond motifs is 1. The first kappa shape index (κ1) is 16.3. The van der Waals surface area contributed by atoms with Gasteiger partial charge in [0.05, 0.1) is 7.11 Å². The molecule has 3 aromatic carbocycles. The number of amides is 2. The van der Waals surface area contributed by atoms with Crippen LogP contribution in [-0.4, -0.2) is 24.0 Å². The van der Waals surface area contributed by atoms with Crippen LogP contribution in [0.2, 0.25) is 0 Å². The lowest BCUT2D eigenvalue weighted by Gasteiger charge is -2.10. The Morgan fingerprint density at radius 1 is 0.840 bits per heavy atom. The van der Waals surface area contributed by atoms with E-state index in [4.69, 9.17) is 4.74 Å². The highest BCUT2D eigenvalue weighted by Crippen LogP contribution is 2.29. The van der Waals surface area contributed by atoms with Crippen molar-refractivity contribution in [2.24, 2.45) is 0 Å². The molecule has 3 rings (SSSR count). The monoisotopic (exact) mass is 336 g/mol. The van der Waals surface area contributed by atoms with Gasteiger partial charge in [-0.25, -0.2) is 0 Å². The molecular formula is C19H16N2O4. The minimum atomic E-state index is -0.799. The van der Waals surface area contributed by atoms with Crippen LogP contribution in [0.1, 0.15) is 0 Å². The Kier molecular flexibility index (Phi) is 4.52. The largest absolute Gasteiger partial charge is 0.507 e. The topological polar surface area (TPSA) is 87.7 Å². The lowest BCUT2D eigenvalue weighted by molar-refractivity contribution is -0.132. The summed E-state index contributed by atoms with van der Waals surface area (Å²) >= 11 is 0. The normalized spacial score (nSPS) is 10.3. The Morgan fingerprint density at radius 2 is 1.48 bits per heavy atom. The number of hydrogen-bond acceptors (Lipinski definition) is 4. The van der Waals surface area contributed by atoms with E-state index in [-0.39, 0.29) is 5.75 Å². The van der Waals surface area contributed by atoms with Crippen LogP contribution >= 0.6 is 0 Å². The molecule has 0 bridgehead atoms. The van der Waals surface area contributed by atoms with Gasteiger partial charge in [0.25, 0.3) is 0 Å². The van der Waals surface area contributed by atoms with Crippen LogP contribution in [0.25, 0.3) is 10.8 Å². The first-order valence-electron chi connectivity index (χ1n) is 7.55. The summed E-state index contributed by atoms with van der Waals surface area (Å²) in [5.41, 5.74) is 0.930. The van der Waals surface area contributed by atoms with Gasteiger partial charge in [-0.15, -0.1) is 0 Å². The predicted molar refractivity (Wildman–Crippen MR) is 95.9 cm³/mol. The van der Waals surface area contributed by atoms with Crippen molar-refractivity contribution in [3.05, 3.63) is 60.7 Å². The number of phenols is 1. The number of carbonyl (C=O) groups is 2. The zero-order valence-corrected chi connectivity index (χ0v) is 13.4. The quantitative estimate of drug-likeness (QED) is 0.641. The first-order chi connectivity index (χ1) is 12.1. The second-order valence-electron chi connectivity index (χ2n) is 5.31. The van der Waals surface area contributed by atoms with Crippen LogP contribution in [0.4, 0.5) is 11.4 Å². The Morgan fingerprint density at radius 3 is 2.20 bits per heavy atom. The van der Waals surface area contributed by atoms with Gasteiger partial charge in [-0.05, 0) is 36.4 Å². The minimum Gasteiger partial charge on any atom is -0.507 e. The molecule has 0 saturated carbocycles. The molecule has 0 aliphatic rings. The highest BCUT2D eigenvalue weighted by Gasteiger charge is 2.15. The second-order valence-corrected chi connectivity index (χ2v) is 5.31. The number of nitrogens with one attached hydrogen (secondary N) is 2. The van der Waals surface area contributed by atoms with Gasteiger partial charge in [-0.3, -0.25) is 9.59 Å². The van der Waals surface area contributed by atoms with Gasteiger partial charge < -0.3 is 20.5 Å². The van der Waals surface area contributed by atoms with Crippen molar-refractivity contribution < 1.29 is 19.4 Å². The van der Waals surface area contributed by atoms with Crippen LogP contribution in [0.3, 0.4) is 0 Å². The van der Waals surface area contributed by atoms with Crippen LogP contribution in [0, 0.1) is 0 Å². The molecule has 0 fully saturated rings. The summed E-state index contributed by atoms with van der Waals surface area (Å²) in [5, 5.41) is 16.2. The predicted octanol–water partition coefficient (Wildman–Crippen LogP) is 3.13. The third kappa shape index (κ3) is 3.53. The van der Waals surface area contributed by atoms with Crippen LogP contribution in [-0.2, 0) is 9.59 Å². The molecule has 6 heteroatoms. The fraction of sp³-hybridized carbons (Fsp3) is 0.0526. The summed E-state index contributed by atoms with van der Waals surface area (Å²) in [4.78, 5) is 24.2. The van der Waals surface area contributed by atoms with Crippen molar-refractivity contribution in [1.29, 1.82) is 0 Å². The summed E-state index contributed by atoms with van der Waals surface area (Å²) in [6, 6.07) is 16.7. The van der Waals surface area contributed by atoms with Crippen molar-refractivity contribution in [1.82, 2.24) is 0 Å². The molecule has 3 N–H and O–H groups in total. The van der Waals surface area contributed by atoms with E-state index < -0.39 is 11.8 Å². The van der Waals surface area contributed by atoms with E-state index in [2.05, 4.69) is 10.6 Å². The van der Waals surface area contributed by atoms with E-state index in [0.29, 0.717) is 27.9 Å². The van der Waals surface area contributed by atoms with Crippen molar-refractivity contribution in [2.75, 3.05) is 17.7 Å². The fourth-order valence-corrected chi connectivity index (χ4v) is 2.44. The maximum atomic E-state index is 12.2. The third-order valence-electron chi connectivity index (χ3n) is 3.70. The zero-order chi connectivity index (χ0) is 17.8. The van der Waals surface area contributed by atoms with Crippen LogP contribution < -0.4 is 15.4 Å². The summed E-state index contributed by atoms with van der Waals surface area (Å²) in [5.74, 6) is -0.830. The van der Waals surface area contributed by atoms with E-state index >= 15 is 0 Å². The number of carbonyl (C=O) groups excluding carboxylic acids is 2. The highest BCUT2D eigenvalue weighted by atomic mass is 16.5. The first-order valence-corrected chi connectivity index (χ1v) is 7.55. The molecule has 0 aliphatic heterocycles. The number of rotatable bonds is 3. The van der Waals surface area contributed by atoms with Crippen molar-refractivity contribution in [2.45, 2.75) is 0 Å². The van der Waals surface area contributed by atoms with Gasteiger partial charge in [0.1, 0.15) is 11.5 Å². The molecular weight excluding hydrogens is 320 g/mol. The van der Waals surface area contributed by atoms with Crippen LogP contribution in [0.5, 0.6) is 11.5 Å². The number of aromatic hydroxyl groups is 1. The van der Waals surface area contributed by atoms with E-state index in [0.717, 1.165) is 0 Å². The zero-order valence-electron chi connectivity index (χ0n) is 13.4. The Labute approximate surface area is 144 Å². The lowest BCUT2D eigenvalue weighted by Crippen LogP contribution is -2.29. The molecule has 126 valence electrons. The molecule has 6 nitrogen and oxygen atoms in total. The van der Waals surface area contributed by atoms with E-state index in [1.54, 1.807) is 67.8 Å². The molecule has 0 spiro atoms. The van der Waals surface area contributed by atoms with Gasteiger partial charge in [0.15, 0.2) is 0 Å². The van der Waals surface area contributed by atoms with Gasteiger partial charge in [0, 0.05) is 22.1 Å². The molecule has 0 aromatic heterocycles. The molecule has 25 heavy (non-hydrogen) atoms. The molecule has 0 aliphatic carbocycles. The molecule has 3 aromatic rings. The molecule has 0 atom stereocenters. The Hall–Kier alpha value is -3.54. The second kappa shape index (κ2) is 6.92. The minimum absolute atomic E-state index is 0.108. The van der Waals surface area contributed by atoms with Gasteiger partial charge >= 0.3 is 11.8 Å². The Balaban J connectivity index is 1.75. The maximum absolute atomic E-state index is 12.2. The summed E-state index contributed by atoms with van der Waals surface area (Å²) in [6.45, 7) is 0. The molecule has 0 saturated heterocycles. The summed E-state index contributed by atoms with van der Waals surface area (Å²) < 4.78 is 5.04. The highest BCUT2D eigenvalue weighted by molar-refractivity contribution is 6.44. The van der Waals surface area contributed by atoms with Gasteiger partial charge in [-0.2, -0.15) is 0 Å². The Bertz CT molecular complexity index is 936. The maximum Gasteiger partial charge on any atom is 0.314 e.